The van der Waals surface area contributed by atoms with Crippen LogP contribution in [0.4, 0.5) is 0 Å². The fraction of sp³-hybridized carbons (Fsp3) is 0.600. The fourth-order valence-corrected chi connectivity index (χ4v) is 2.93. The summed E-state index contributed by atoms with van der Waals surface area (Å²) >= 11 is 0. The smallest absolute Gasteiger partial charge is 0.231 e. The summed E-state index contributed by atoms with van der Waals surface area (Å²) in [6, 6.07) is 2.85. The van der Waals surface area contributed by atoms with Crippen molar-refractivity contribution in [2.75, 3.05) is 13.3 Å². The summed E-state index contributed by atoms with van der Waals surface area (Å²) in [7, 11) is 0. The van der Waals surface area contributed by atoms with Gasteiger partial charge in [0.2, 0.25) is 6.79 Å². The van der Waals surface area contributed by atoms with Gasteiger partial charge in [0.05, 0.1) is 0 Å². The molecule has 1 saturated heterocycles. The number of aryl methyl sites for hydroxylation is 1. The van der Waals surface area contributed by atoms with Crippen LogP contribution in [0.25, 0.3) is 0 Å². The maximum atomic E-state index is 5.66. The monoisotopic (exact) mass is 247 g/mol. The first-order chi connectivity index (χ1) is 8.75. The summed E-state index contributed by atoms with van der Waals surface area (Å²) in [6.45, 7) is 5.76. The number of benzene rings is 1. The molecule has 2 aliphatic rings. The van der Waals surface area contributed by atoms with Gasteiger partial charge in [-0.2, -0.15) is 0 Å². The third-order valence-electron chi connectivity index (χ3n) is 4.11. The van der Waals surface area contributed by atoms with Crippen LogP contribution < -0.4 is 14.8 Å². The van der Waals surface area contributed by atoms with Gasteiger partial charge < -0.3 is 14.8 Å². The molecule has 3 rings (SSSR count). The van der Waals surface area contributed by atoms with Crippen LogP contribution in [0.5, 0.6) is 11.5 Å². The van der Waals surface area contributed by atoms with Crippen LogP contribution in [0, 0.1) is 13.8 Å². The molecule has 1 aromatic carbocycles. The van der Waals surface area contributed by atoms with Crippen molar-refractivity contribution in [2.45, 2.75) is 45.6 Å². The molecule has 1 N–H and O–H groups in total. The Morgan fingerprint density at radius 1 is 1.22 bits per heavy atom. The topological polar surface area (TPSA) is 30.5 Å². The first-order valence-corrected chi connectivity index (χ1v) is 6.88. The standard InChI is InChI=1S/C15H21NO2/c1-10-7-12(8-13-5-3-4-6-16-13)15-14(11(10)2)17-9-18-15/h7,13,16H,3-6,8-9H2,1-2H3. The Labute approximate surface area is 108 Å². The summed E-state index contributed by atoms with van der Waals surface area (Å²) in [5.41, 5.74) is 3.80. The van der Waals surface area contributed by atoms with Crippen molar-refractivity contribution in [3.8, 4) is 11.5 Å². The van der Waals surface area contributed by atoms with Crippen LogP contribution in [0.2, 0.25) is 0 Å². The van der Waals surface area contributed by atoms with E-state index in [-0.39, 0.29) is 0 Å². The molecule has 0 aliphatic carbocycles. The largest absolute Gasteiger partial charge is 0.453 e. The second kappa shape index (κ2) is 4.81. The first-order valence-electron chi connectivity index (χ1n) is 6.88. The summed E-state index contributed by atoms with van der Waals surface area (Å²) < 4.78 is 11.3. The zero-order valence-electron chi connectivity index (χ0n) is 11.2. The highest BCUT2D eigenvalue weighted by molar-refractivity contribution is 5.56. The van der Waals surface area contributed by atoms with Crippen molar-refractivity contribution in [1.82, 2.24) is 5.32 Å². The minimum atomic E-state index is 0.366. The predicted octanol–water partition coefficient (Wildman–Crippen LogP) is 2.72. The van der Waals surface area contributed by atoms with Gasteiger partial charge in [-0.25, -0.2) is 0 Å². The van der Waals surface area contributed by atoms with Crippen LogP contribution >= 0.6 is 0 Å². The third-order valence-corrected chi connectivity index (χ3v) is 4.11. The van der Waals surface area contributed by atoms with Gasteiger partial charge in [0.25, 0.3) is 0 Å². The van der Waals surface area contributed by atoms with E-state index in [0.29, 0.717) is 12.8 Å². The van der Waals surface area contributed by atoms with Crippen LogP contribution in [-0.2, 0) is 6.42 Å². The number of hydrogen-bond donors (Lipinski definition) is 1. The van der Waals surface area contributed by atoms with Gasteiger partial charge in [-0.05, 0) is 56.3 Å². The molecule has 3 heteroatoms. The lowest BCUT2D eigenvalue weighted by atomic mass is 9.94. The van der Waals surface area contributed by atoms with Gasteiger partial charge in [0.15, 0.2) is 11.5 Å². The summed E-state index contributed by atoms with van der Waals surface area (Å²) in [6.07, 6.45) is 4.96. The van der Waals surface area contributed by atoms with Crippen LogP contribution in [-0.4, -0.2) is 19.4 Å². The Hall–Kier alpha value is -1.22. The van der Waals surface area contributed by atoms with E-state index in [9.17, 15) is 0 Å². The van der Waals surface area contributed by atoms with E-state index < -0.39 is 0 Å². The molecular formula is C15H21NO2. The van der Waals surface area contributed by atoms with Crippen molar-refractivity contribution in [3.05, 3.63) is 22.8 Å². The maximum absolute atomic E-state index is 5.66. The van der Waals surface area contributed by atoms with E-state index in [4.69, 9.17) is 9.47 Å². The molecular weight excluding hydrogens is 226 g/mol. The van der Waals surface area contributed by atoms with E-state index in [0.717, 1.165) is 24.5 Å². The molecule has 1 fully saturated rings. The van der Waals surface area contributed by atoms with Crippen molar-refractivity contribution >= 4 is 0 Å². The Kier molecular flexibility index (Phi) is 3.16. The van der Waals surface area contributed by atoms with Gasteiger partial charge in [-0.1, -0.05) is 12.5 Å². The Bertz CT molecular complexity index is 450. The third kappa shape index (κ3) is 2.07. The Morgan fingerprint density at radius 2 is 2.06 bits per heavy atom. The Balaban J connectivity index is 1.87. The van der Waals surface area contributed by atoms with E-state index in [2.05, 4.69) is 25.2 Å². The van der Waals surface area contributed by atoms with Crippen molar-refractivity contribution in [1.29, 1.82) is 0 Å². The molecule has 18 heavy (non-hydrogen) atoms. The molecule has 1 unspecified atom stereocenters. The highest BCUT2D eigenvalue weighted by atomic mass is 16.7. The summed E-state index contributed by atoms with van der Waals surface area (Å²) in [4.78, 5) is 0. The second-order valence-electron chi connectivity index (χ2n) is 5.39. The molecule has 0 bridgehead atoms. The average molecular weight is 247 g/mol. The molecule has 1 aromatic rings. The molecule has 0 radical (unpaired) electrons. The van der Waals surface area contributed by atoms with Crippen LogP contribution in [0.15, 0.2) is 6.07 Å². The lowest BCUT2D eigenvalue weighted by Crippen LogP contribution is -2.35. The maximum Gasteiger partial charge on any atom is 0.231 e. The van der Waals surface area contributed by atoms with Gasteiger partial charge in [-0.3, -0.25) is 0 Å². The molecule has 0 spiro atoms. The average Bonchev–Trinajstić information content (AvgIpc) is 2.86. The number of piperidine rings is 1. The first kappa shape index (κ1) is 11.8. The van der Waals surface area contributed by atoms with Gasteiger partial charge in [-0.15, -0.1) is 0 Å². The lowest BCUT2D eigenvalue weighted by molar-refractivity contribution is 0.172. The lowest BCUT2D eigenvalue weighted by Gasteiger charge is -2.24. The minimum Gasteiger partial charge on any atom is -0.453 e. The molecule has 2 aliphatic heterocycles. The molecule has 2 heterocycles. The summed E-state index contributed by atoms with van der Waals surface area (Å²) in [5, 5.41) is 3.60. The van der Waals surface area contributed by atoms with Gasteiger partial charge >= 0.3 is 0 Å². The highest BCUT2D eigenvalue weighted by Crippen LogP contribution is 2.41. The number of fused-ring (bicyclic) bond motifs is 1. The summed E-state index contributed by atoms with van der Waals surface area (Å²) in [5.74, 6) is 1.94. The van der Waals surface area contributed by atoms with E-state index in [1.807, 2.05) is 0 Å². The van der Waals surface area contributed by atoms with Gasteiger partial charge in [0, 0.05) is 6.04 Å². The molecule has 3 nitrogen and oxygen atoms in total. The number of hydrogen-bond acceptors (Lipinski definition) is 3. The predicted molar refractivity (Wildman–Crippen MR) is 71.4 cm³/mol. The van der Waals surface area contributed by atoms with Crippen LogP contribution in [0.3, 0.4) is 0 Å². The van der Waals surface area contributed by atoms with E-state index in [1.165, 1.54) is 36.0 Å². The van der Waals surface area contributed by atoms with Crippen molar-refractivity contribution in [2.24, 2.45) is 0 Å². The number of nitrogens with one attached hydrogen (secondary N) is 1. The Morgan fingerprint density at radius 3 is 2.83 bits per heavy atom. The molecule has 98 valence electrons. The molecule has 1 atom stereocenters. The minimum absolute atomic E-state index is 0.366. The normalized spacial score (nSPS) is 22.2. The zero-order chi connectivity index (χ0) is 12.5. The number of rotatable bonds is 2. The van der Waals surface area contributed by atoms with Crippen molar-refractivity contribution in [3.63, 3.8) is 0 Å². The fourth-order valence-electron chi connectivity index (χ4n) is 2.93. The number of ether oxygens (including phenoxy) is 2. The highest BCUT2D eigenvalue weighted by Gasteiger charge is 2.24. The zero-order valence-corrected chi connectivity index (χ0v) is 11.2. The van der Waals surface area contributed by atoms with E-state index in [1.54, 1.807) is 0 Å². The van der Waals surface area contributed by atoms with Gasteiger partial charge in [0.1, 0.15) is 0 Å². The second-order valence-corrected chi connectivity index (χ2v) is 5.39. The molecule has 0 amide bonds. The molecule has 0 aromatic heterocycles. The van der Waals surface area contributed by atoms with E-state index >= 15 is 0 Å². The SMILES string of the molecule is Cc1cc(CC2CCCCN2)c2c(c1C)OCO2. The molecule has 0 saturated carbocycles. The van der Waals surface area contributed by atoms with Crippen LogP contribution in [0.1, 0.15) is 36.0 Å². The van der Waals surface area contributed by atoms with Crippen molar-refractivity contribution < 1.29 is 9.47 Å². The quantitative estimate of drug-likeness (QED) is 0.871.